The van der Waals surface area contributed by atoms with Gasteiger partial charge in [0, 0.05) is 35.5 Å². The summed E-state index contributed by atoms with van der Waals surface area (Å²) in [5, 5.41) is 3.62. The van der Waals surface area contributed by atoms with Crippen molar-refractivity contribution in [2.24, 2.45) is 10.9 Å². The minimum Gasteiger partial charge on any atom is -0.310 e. The standard InChI is InChI=1S/C23H21Cl2N3O2/c1-12-9-10-18(26-11-12)28-23(30)19-13(2)27-16-7-4-8-17(29)21(16)20(19)14-5-3-6-15(24)22(14)25/h3,5-6,9-11,19-20H,4,7-8H2,1-2H3,(H,26,28,30)/t19?,20-/m1/s1. The van der Waals surface area contributed by atoms with Gasteiger partial charge in [0.2, 0.25) is 5.91 Å². The van der Waals surface area contributed by atoms with Crippen LogP contribution in [0.15, 0.2) is 52.8 Å². The molecule has 2 aliphatic rings. The fourth-order valence-corrected chi connectivity index (χ4v) is 4.61. The molecule has 4 rings (SSSR count). The van der Waals surface area contributed by atoms with Crippen molar-refractivity contribution in [3.63, 3.8) is 0 Å². The van der Waals surface area contributed by atoms with E-state index in [9.17, 15) is 9.59 Å². The van der Waals surface area contributed by atoms with E-state index >= 15 is 0 Å². The molecule has 7 heteroatoms. The number of aromatic nitrogens is 1. The van der Waals surface area contributed by atoms with Gasteiger partial charge >= 0.3 is 0 Å². The van der Waals surface area contributed by atoms with Crippen molar-refractivity contribution in [1.29, 1.82) is 0 Å². The van der Waals surface area contributed by atoms with Gasteiger partial charge in [0.15, 0.2) is 5.78 Å². The molecule has 0 bridgehead atoms. The first-order valence-corrected chi connectivity index (χ1v) is 10.6. The van der Waals surface area contributed by atoms with Crippen LogP contribution in [0.25, 0.3) is 0 Å². The maximum atomic E-state index is 13.4. The van der Waals surface area contributed by atoms with E-state index in [-0.39, 0.29) is 11.7 Å². The van der Waals surface area contributed by atoms with E-state index < -0.39 is 11.8 Å². The first kappa shape index (κ1) is 20.8. The predicted octanol–water partition coefficient (Wildman–Crippen LogP) is 5.52. The van der Waals surface area contributed by atoms with E-state index in [1.165, 1.54) is 0 Å². The van der Waals surface area contributed by atoms with Gasteiger partial charge in [0.05, 0.1) is 16.0 Å². The number of amides is 1. The van der Waals surface area contributed by atoms with Gasteiger partial charge in [-0.25, -0.2) is 4.98 Å². The van der Waals surface area contributed by atoms with Gasteiger partial charge in [-0.3, -0.25) is 14.6 Å². The van der Waals surface area contributed by atoms with E-state index in [4.69, 9.17) is 23.2 Å². The summed E-state index contributed by atoms with van der Waals surface area (Å²) in [6.07, 6.45) is 3.60. The quantitative estimate of drug-likeness (QED) is 0.681. The molecule has 30 heavy (non-hydrogen) atoms. The highest BCUT2D eigenvalue weighted by Crippen LogP contribution is 2.46. The van der Waals surface area contributed by atoms with Crippen molar-refractivity contribution in [2.75, 3.05) is 5.32 Å². The normalized spacial score (nSPS) is 21.2. The van der Waals surface area contributed by atoms with Crippen LogP contribution in [0, 0.1) is 12.8 Å². The minimum atomic E-state index is -0.690. The molecule has 1 amide bonds. The van der Waals surface area contributed by atoms with Crippen molar-refractivity contribution >= 4 is 46.4 Å². The highest BCUT2D eigenvalue weighted by atomic mass is 35.5. The molecule has 0 fully saturated rings. The molecule has 1 aliphatic carbocycles. The van der Waals surface area contributed by atoms with Gasteiger partial charge in [-0.05, 0) is 49.9 Å². The van der Waals surface area contributed by atoms with Gasteiger partial charge in [0.25, 0.3) is 0 Å². The largest absolute Gasteiger partial charge is 0.310 e. The average Bonchev–Trinajstić information content (AvgIpc) is 2.71. The first-order chi connectivity index (χ1) is 14.4. The number of nitrogens with zero attached hydrogens (tertiary/aromatic N) is 2. The lowest BCUT2D eigenvalue weighted by atomic mass is 9.71. The number of Topliss-reactive ketones (excluding diaryl/α,β-unsaturated/α-hetero) is 1. The summed E-state index contributed by atoms with van der Waals surface area (Å²) in [7, 11) is 0. The van der Waals surface area contributed by atoms with E-state index in [0.29, 0.717) is 45.6 Å². The Morgan fingerprint density at radius 2 is 1.93 bits per heavy atom. The summed E-state index contributed by atoms with van der Waals surface area (Å²) in [5.41, 5.74) is 3.64. The summed E-state index contributed by atoms with van der Waals surface area (Å²) in [5.74, 6) is -1.05. The zero-order valence-electron chi connectivity index (χ0n) is 16.7. The molecule has 1 aliphatic heterocycles. The molecule has 2 atom stereocenters. The molecular formula is C23H21Cl2N3O2. The Bertz CT molecular complexity index is 1090. The number of carbonyl (C=O) groups excluding carboxylic acids is 2. The number of benzene rings is 1. The van der Waals surface area contributed by atoms with Crippen LogP contribution < -0.4 is 5.32 Å². The molecule has 0 saturated heterocycles. The molecule has 1 aromatic carbocycles. The van der Waals surface area contributed by atoms with Crippen molar-refractivity contribution in [2.45, 2.75) is 39.0 Å². The number of anilines is 1. The number of aryl methyl sites for hydroxylation is 1. The SMILES string of the molecule is CC1=NC2=C(C(=O)CCC2)[C@H](c2cccc(Cl)c2Cl)C1C(=O)Nc1ccc(C)cn1. The van der Waals surface area contributed by atoms with Gasteiger partial charge in [0.1, 0.15) is 5.82 Å². The molecule has 1 N–H and O–H groups in total. The Kier molecular flexibility index (Phi) is 5.76. The van der Waals surface area contributed by atoms with E-state index in [1.54, 1.807) is 24.4 Å². The number of allylic oxidation sites excluding steroid dienone is 2. The Morgan fingerprint density at radius 3 is 2.67 bits per heavy atom. The van der Waals surface area contributed by atoms with Gasteiger partial charge in [-0.2, -0.15) is 0 Å². The van der Waals surface area contributed by atoms with Crippen molar-refractivity contribution < 1.29 is 9.59 Å². The highest BCUT2D eigenvalue weighted by molar-refractivity contribution is 6.42. The summed E-state index contributed by atoms with van der Waals surface area (Å²) < 4.78 is 0. The zero-order valence-corrected chi connectivity index (χ0v) is 18.2. The number of hydrogen-bond donors (Lipinski definition) is 1. The van der Waals surface area contributed by atoms with Crippen LogP contribution in [0.1, 0.15) is 43.2 Å². The molecular weight excluding hydrogens is 421 g/mol. The molecule has 1 aromatic heterocycles. The Labute approximate surface area is 185 Å². The molecule has 154 valence electrons. The Balaban J connectivity index is 1.81. The number of ketones is 1. The third kappa shape index (κ3) is 3.80. The summed E-state index contributed by atoms with van der Waals surface area (Å²) in [6.45, 7) is 3.75. The van der Waals surface area contributed by atoms with Crippen molar-refractivity contribution in [3.05, 3.63) is 69.0 Å². The first-order valence-electron chi connectivity index (χ1n) is 9.85. The number of aliphatic imine (C=N–C) groups is 1. The fourth-order valence-electron chi connectivity index (χ4n) is 4.19. The van der Waals surface area contributed by atoms with Crippen LogP contribution in [0.4, 0.5) is 5.82 Å². The predicted molar refractivity (Wildman–Crippen MR) is 119 cm³/mol. The number of hydrogen-bond acceptors (Lipinski definition) is 4. The summed E-state index contributed by atoms with van der Waals surface area (Å²) in [4.78, 5) is 35.2. The number of nitrogens with one attached hydrogen (secondary N) is 1. The maximum absolute atomic E-state index is 13.4. The highest BCUT2D eigenvalue weighted by Gasteiger charge is 2.43. The average molecular weight is 442 g/mol. The minimum absolute atomic E-state index is 0.0137. The van der Waals surface area contributed by atoms with Crippen LogP contribution >= 0.6 is 23.2 Å². The van der Waals surface area contributed by atoms with E-state index in [1.807, 2.05) is 26.0 Å². The molecule has 2 aromatic rings. The van der Waals surface area contributed by atoms with Crippen LogP contribution in [0.5, 0.6) is 0 Å². The lowest BCUT2D eigenvalue weighted by Crippen LogP contribution is -2.39. The van der Waals surface area contributed by atoms with Crippen molar-refractivity contribution in [3.8, 4) is 0 Å². The van der Waals surface area contributed by atoms with Crippen LogP contribution in [-0.2, 0) is 9.59 Å². The van der Waals surface area contributed by atoms with Crippen molar-refractivity contribution in [1.82, 2.24) is 4.98 Å². The Hall–Kier alpha value is -2.50. The Morgan fingerprint density at radius 1 is 1.13 bits per heavy atom. The number of halogens is 2. The second kappa shape index (κ2) is 8.32. The monoisotopic (exact) mass is 441 g/mol. The second-order valence-electron chi connectivity index (χ2n) is 7.70. The molecule has 5 nitrogen and oxygen atoms in total. The smallest absolute Gasteiger partial charge is 0.235 e. The molecule has 0 saturated carbocycles. The van der Waals surface area contributed by atoms with Crippen LogP contribution in [-0.4, -0.2) is 22.4 Å². The third-order valence-corrected chi connectivity index (χ3v) is 6.43. The van der Waals surface area contributed by atoms with Crippen LogP contribution in [0.2, 0.25) is 10.0 Å². The lowest BCUT2D eigenvalue weighted by molar-refractivity contribution is -0.119. The fraction of sp³-hybridized carbons (Fsp3) is 0.304. The molecule has 1 unspecified atom stereocenters. The molecule has 2 heterocycles. The van der Waals surface area contributed by atoms with Gasteiger partial charge in [-0.1, -0.05) is 41.4 Å². The third-order valence-electron chi connectivity index (χ3n) is 5.60. The van der Waals surface area contributed by atoms with Gasteiger partial charge in [-0.15, -0.1) is 0 Å². The molecule has 0 radical (unpaired) electrons. The maximum Gasteiger partial charge on any atom is 0.235 e. The molecule has 0 spiro atoms. The van der Waals surface area contributed by atoms with Crippen LogP contribution in [0.3, 0.4) is 0 Å². The topological polar surface area (TPSA) is 71.4 Å². The summed E-state index contributed by atoms with van der Waals surface area (Å²) in [6, 6.07) is 8.94. The van der Waals surface area contributed by atoms with Gasteiger partial charge < -0.3 is 5.32 Å². The number of rotatable bonds is 3. The second-order valence-corrected chi connectivity index (χ2v) is 8.48. The summed E-state index contributed by atoms with van der Waals surface area (Å²) >= 11 is 12.8. The van der Waals surface area contributed by atoms with E-state index in [2.05, 4.69) is 15.3 Å². The number of pyridine rings is 1. The zero-order chi connectivity index (χ0) is 21.4. The lowest BCUT2D eigenvalue weighted by Gasteiger charge is -2.35. The number of carbonyl (C=O) groups is 2. The van der Waals surface area contributed by atoms with E-state index in [0.717, 1.165) is 17.7 Å².